The van der Waals surface area contributed by atoms with Crippen LogP contribution in [0.25, 0.3) is 0 Å². The van der Waals surface area contributed by atoms with Crippen molar-refractivity contribution in [1.29, 1.82) is 0 Å². The third-order valence-corrected chi connectivity index (χ3v) is 2.54. The second-order valence-corrected chi connectivity index (χ2v) is 3.59. The van der Waals surface area contributed by atoms with E-state index in [0.29, 0.717) is 0 Å². The van der Waals surface area contributed by atoms with Crippen molar-refractivity contribution in [2.24, 2.45) is 4.99 Å². The Labute approximate surface area is 90.5 Å². The van der Waals surface area contributed by atoms with E-state index in [0.717, 1.165) is 0 Å². The van der Waals surface area contributed by atoms with Gasteiger partial charge in [0.25, 0.3) is 5.91 Å². The van der Waals surface area contributed by atoms with Gasteiger partial charge in [0.15, 0.2) is 12.2 Å². The molecule has 0 saturated carbocycles. The Morgan fingerprint density at radius 2 is 2.31 bits per heavy atom. The summed E-state index contributed by atoms with van der Waals surface area (Å²) in [6.45, 7) is -0.319. The van der Waals surface area contributed by atoms with E-state index >= 15 is 0 Å². The van der Waals surface area contributed by atoms with Crippen molar-refractivity contribution in [3.05, 3.63) is 0 Å². The maximum atomic E-state index is 11.6. The molecule has 0 bridgehead atoms. The van der Waals surface area contributed by atoms with E-state index in [-0.39, 0.29) is 6.54 Å². The number of aliphatic carboxylic acids is 1. The van der Waals surface area contributed by atoms with Gasteiger partial charge in [0.05, 0.1) is 6.34 Å². The van der Waals surface area contributed by atoms with Gasteiger partial charge >= 0.3 is 12.0 Å². The minimum absolute atomic E-state index is 0.319. The lowest BCUT2D eigenvalue weighted by Crippen LogP contribution is -2.63. The van der Waals surface area contributed by atoms with Crippen LogP contribution in [-0.2, 0) is 9.59 Å². The number of nitrogens with zero attached hydrogens (tertiary/aromatic N) is 3. The Kier molecular flexibility index (Phi) is 2.26. The highest BCUT2D eigenvalue weighted by atomic mass is 16.4. The minimum atomic E-state index is -1.06. The van der Waals surface area contributed by atoms with Crippen LogP contribution in [0.5, 0.6) is 0 Å². The molecule has 0 aromatic heterocycles. The summed E-state index contributed by atoms with van der Waals surface area (Å²) in [5.41, 5.74) is 0. The Morgan fingerprint density at radius 3 is 2.94 bits per heavy atom. The predicted octanol–water partition coefficient (Wildman–Crippen LogP) is -1.71. The molecule has 0 aromatic carbocycles. The lowest BCUT2D eigenvalue weighted by atomic mass is 10.1. The molecule has 0 aromatic rings. The molecule has 0 radical (unpaired) electrons. The number of carboxylic acid groups (broad SMARTS) is 1. The fraction of sp³-hybridized carbons (Fsp3) is 0.500. The first kappa shape index (κ1) is 10.4. The first-order valence-electron chi connectivity index (χ1n) is 4.59. The summed E-state index contributed by atoms with van der Waals surface area (Å²) in [7, 11) is 1.50. The van der Waals surface area contributed by atoms with Gasteiger partial charge < -0.3 is 14.9 Å². The second-order valence-electron chi connectivity index (χ2n) is 3.59. The quantitative estimate of drug-likeness (QED) is 0.583. The van der Waals surface area contributed by atoms with E-state index in [1.54, 1.807) is 0 Å². The molecule has 1 saturated heterocycles. The Balaban J connectivity index is 2.20. The number of rotatable bonds is 2. The van der Waals surface area contributed by atoms with Crippen molar-refractivity contribution >= 4 is 24.2 Å². The highest BCUT2D eigenvalue weighted by molar-refractivity contribution is 6.02. The van der Waals surface area contributed by atoms with Crippen molar-refractivity contribution in [2.45, 2.75) is 12.2 Å². The zero-order valence-corrected chi connectivity index (χ0v) is 8.45. The maximum absolute atomic E-state index is 11.6. The molecule has 86 valence electrons. The van der Waals surface area contributed by atoms with Crippen LogP contribution >= 0.6 is 0 Å². The van der Waals surface area contributed by atoms with Gasteiger partial charge in [0.2, 0.25) is 0 Å². The van der Waals surface area contributed by atoms with Crippen molar-refractivity contribution in [1.82, 2.24) is 15.1 Å². The molecule has 0 spiro atoms. The topological polar surface area (TPSA) is 102 Å². The van der Waals surface area contributed by atoms with Crippen molar-refractivity contribution in [3.8, 4) is 0 Å². The molecular weight excluding hydrogens is 216 g/mol. The molecule has 2 aliphatic heterocycles. The lowest BCUT2D eigenvalue weighted by Gasteiger charge is -2.35. The van der Waals surface area contributed by atoms with E-state index < -0.39 is 30.1 Å². The fourth-order valence-electron chi connectivity index (χ4n) is 1.76. The summed E-state index contributed by atoms with van der Waals surface area (Å²) in [6, 6.07) is -1.28. The summed E-state index contributed by atoms with van der Waals surface area (Å²) in [4.78, 5) is 39.9. The molecule has 2 aliphatic rings. The minimum Gasteiger partial charge on any atom is -0.480 e. The Bertz CT molecular complexity index is 393. The molecule has 1 fully saturated rings. The van der Waals surface area contributed by atoms with Crippen molar-refractivity contribution < 1.29 is 19.5 Å². The average molecular weight is 226 g/mol. The van der Waals surface area contributed by atoms with E-state index in [9.17, 15) is 14.4 Å². The normalized spacial score (nSPS) is 28.1. The first-order valence-corrected chi connectivity index (χ1v) is 4.59. The van der Waals surface area contributed by atoms with Crippen LogP contribution in [0.3, 0.4) is 0 Å². The van der Waals surface area contributed by atoms with Gasteiger partial charge in [-0.2, -0.15) is 0 Å². The molecule has 8 heteroatoms. The van der Waals surface area contributed by atoms with Crippen LogP contribution in [0.15, 0.2) is 4.99 Å². The summed E-state index contributed by atoms with van der Waals surface area (Å²) >= 11 is 0. The van der Waals surface area contributed by atoms with Crippen LogP contribution in [0.1, 0.15) is 0 Å². The standard InChI is InChI=1S/C8H10N4O4/c1-11-6-5(7(15)10-8(11)16)12(3-9-6)2-4(13)14/h3,5-6H,2H2,1H3,(H,13,14)(H,10,15,16). The molecule has 2 atom stereocenters. The fourth-order valence-corrected chi connectivity index (χ4v) is 1.76. The molecule has 16 heavy (non-hydrogen) atoms. The van der Waals surface area contributed by atoms with Crippen LogP contribution < -0.4 is 5.32 Å². The number of hydrogen-bond donors (Lipinski definition) is 2. The highest BCUT2D eigenvalue weighted by Crippen LogP contribution is 2.20. The van der Waals surface area contributed by atoms with Gasteiger partial charge in [0, 0.05) is 7.05 Å². The largest absolute Gasteiger partial charge is 0.480 e. The monoisotopic (exact) mass is 226 g/mol. The van der Waals surface area contributed by atoms with E-state index in [1.807, 2.05) is 0 Å². The summed E-state index contributed by atoms with van der Waals surface area (Å²) in [6.07, 6.45) is 0.651. The maximum Gasteiger partial charge on any atom is 0.325 e. The van der Waals surface area contributed by atoms with E-state index in [1.165, 1.54) is 23.2 Å². The zero-order valence-electron chi connectivity index (χ0n) is 8.45. The molecule has 2 N–H and O–H groups in total. The molecule has 2 unspecified atom stereocenters. The molecule has 8 nitrogen and oxygen atoms in total. The average Bonchev–Trinajstić information content (AvgIpc) is 2.58. The van der Waals surface area contributed by atoms with Crippen molar-refractivity contribution in [3.63, 3.8) is 0 Å². The number of carbonyl (C=O) groups excluding carboxylic acids is 2. The van der Waals surface area contributed by atoms with Gasteiger partial charge in [-0.15, -0.1) is 0 Å². The van der Waals surface area contributed by atoms with Crippen LogP contribution in [0, 0.1) is 0 Å². The number of carboxylic acids is 1. The third kappa shape index (κ3) is 1.47. The highest BCUT2D eigenvalue weighted by Gasteiger charge is 2.45. The summed E-state index contributed by atoms with van der Waals surface area (Å²) < 4.78 is 0. The number of hydrogen-bond acceptors (Lipinski definition) is 5. The predicted molar refractivity (Wildman–Crippen MR) is 51.7 cm³/mol. The third-order valence-electron chi connectivity index (χ3n) is 2.54. The van der Waals surface area contributed by atoms with Gasteiger partial charge in [-0.05, 0) is 0 Å². The molecule has 2 heterocycles. The van der Waals surface area contributed by atoms with Gasteiger partial charge in [-0.3, -0.25) is 14.9 Å². The second kappa shape index (κ2) is 3.47. The molecular formula is C8H10N4O4. The summed E-state index contributed by atoms with van der Waals surface area (Å²) in [5, 5.41) is 10.8. The smallest absolute Gasteiger partial charge is 0.325 e. The molecule has 3 amide bonds. The van der Waals surface area contributed by atoms with Crippen LogP contribution in [-0.4, -0.2) is 65.0 Å². The number of likely N-dealkylation sites (N-methyl/N-ethyl adjacent to an activating group) is 1. The van der Waals surface area contributed by atoms with E-state index in [2.05, 4.69) is 10.3 Å². The number of fused-ring (bicyclic) bond motifs is 1. The number of urea groups is 1. The number of carbonyl (C=O) groups is 3. The lowest BCUT2D eigenvalue weighted by molar-refractivity contribution is -0.138. The number of amides is 3. The van der Waals surface area contributed by atoms with E-state index in [4.69, 9.17) is 5.11 Å². The van der Waals surface area contributed by atoms with Gasteiger partial charge in [-0.1, -0.05) is 0 Å². The van der Waals surface area contributed by atoms with Crippen LogP contribution in [0.4, 0.5) is 4.79 Å². The number of aliphatic imine (C=N–C) groups is 1. The Hall–Kier alpha value is -2.12. The van der Waals surface area contributed by atoms with Crippen LogP contribution in [0.2, 0.25) is 0 Å². The number of imide groups is 1. The Morgan fingerprint density at radius 1 is 1.62 bits per heavy atom. The summed E-state index contributed by atoms with van der Waals surface area (Å²) in [5.74, 6) is -1.58. The zero-order chi connectivity index (χ0) is 11.9. The first-order chi connectivity index (χ1) is 7.50. The molecule has 2 rings (SSSR count). The SMILES string of the molecule is CN1C(=O)NC(=O)C2C1N=CN2CC(=O)O. The molecule has 0 aliphatic carbocycles. The van der Waals surface area contributed by atoms with Crippen molar-refractivity contribution in [2.75, 3.05) is 13.6 Å². The van der Waals surface area contributed by atoms with Gasteiger partial charge in [-0.25, -0.2) is 9.79 Å². The van der Waals surface area contributed by atoms with Gasteiger partial charge in [0.1, 0.15) is 6.54 Å². The number of nitrogens with one attached hydrogen (secondary N) is 1.